The van der Waals surface area contributed by atoms with Crippen molar-refractivity contribution in [1.29, 1.82) is 0 Å². The van der Waals surface area contributed by atoms with Gasteiger partial charge in [0.15, 0.2) is 0 Å². The van der Waals surface area contributed by atoms with Crippen LogP contribution in [0.3, 0.4) is 0 Å². The molecule has 0 fully saturated rings. The normalized spacial score (nSPS) is 13.4. The number of aryl methyl sites for hydroxylation is 1. The zero-order chi connectivity index (χ0) is 30.7. The van der Waals surface area contributed by atoms with Crippen molar-refractivity contribution < 1.29 is 9.59 Å². The largest absolute Gasteiger partial charge is 0.349 e. The molecule has 1 N–H and O–H groups in total. The Bertz CT molecular complexity index is 1490. The third-order valence-corrected chi connectivity index (χ3v) is 8.75. The second-order valence-electron chi connectivity index (χ2n) is 14.1. The Morgan fingerprint density at radius 3 is 2.00 bits per heavy atom. The molecular weight excluding hydrogens is 516 g/mol. The molecule has 1 atom stereocenters. The maximum atomic E-state index is 14.2. The molecule has 4 rings (SSSR count). The first kappa shape index (κ1) is 31.8. The molecule has 4 aromatic carbocycles. The number of hydrogen-bond donors (Lipinski definition) is 1. The van der Waals surface area contributed by atoms with Crippen molar-refractivity contribution in [1.82, 2.24) is 10.2 Å². The number of nitrogens with zero attached hydrogens (tertiary/aromatic N) is 1. The number of rotatable bonds is 13. The Morgan fingerprint density at radius 1 is 0.810 bits per heavy atom. The van der Waals surface area contributed by atoms with Crippen molar-refractivity contribution in [2.75, 3.05) is 0 Å². The van der Waals surface area contributed by atoms with Crippen LogP contribution >= 0.6 is 0 Å². The van der Waals surface area contributed by atoms with Crippen LogP contribution in [0.4, 0.5) is 0 Å². The molecule has 0 aliphatic heterocycles. The van der Waals surface area contributed by atoms with Gasteiger partial charge in [-0.05, 0) is 89.2 Å². The maximum Gasteiger partial charge on any atom is 0.243 e. The predicted octanol–water partition coefficient (Wildman–Crippen LogP) is 9.42. The SMILES string of the molecule is CCCCC(C(=O)NC(C)(C)CC(C)(C)C)N(C(=O)CCc1ccc2ccc3cccc4ccc1c2c34)C(CC)CC. The molecule has 0 aromatic heterocycles. The van der Waals surface area contributed by atoms with Crippen LogP contribution in [0.15, 0.2) is 54.6 Å². The summed E-state index contributed by atoms with van der Waals surface area (Å²) < 4.78 is 0. The van der Waals surface area contributed by atoms with Gasteiger partial charge in [-0.15, -0.1) is 0 Å². The summed E-state index contributed by atoms with van der Waals surface area (Å²) in [7, 11) is 0. The molecule has 0 heterocycles. The number of benzene rings is 4. The van der Waals surface area contributed by atoms with E-state index in [-0.39, 0.29) is 28.8 Å². The molecule has 0 saturated heterocycles. The van der Waals surface area contributed by atoms with E-state index in [0.717, 1.165) is 32.1 Å². The van der Waals surface area contributed by atoms with Gasteiger partial charge in [0.05, 0.1) is 0 Å². The van der Waals surface area contributed by atoms with Crippen molar-refractivity contribution in [3.05, 3.63) is 60.2 Å². The van der Waals surface area contributed by atoms with Crippen LogP contribution in [-0.4, -0.2) is 34.3 Å². The topological polar surface area (TPSA) is 49.4 Å². The molecule has 4 aromatic rings. The molecule has 0 radical (unpaired) electrons. The fraction of sp³-hybridized carbons (Fsp3) is 0.526. The molecule has 226 valence electrons. The van der Waals surface area contributed by atoms with Crippen LogP contribution in [0.25, 0.3) is 32.3 Å². The fourth-order valence-corrected chi connectivity index (χ4v) is 7.28. The summed E-state index contributed by atoms with van der Waals surface area (Å²) in [6.07, 6.45) is 6.17. The summed E-state index contributed by atoms with van der Waals surface area (Å²) in [4.78, 5) is 30.1. The minimum Gasteiger partial charge on any atom is -0.349 e. The minimum atomic E-state index is -0.456. The average Bonchev–Trinajstić information content (AvgIpc) is 2.93. The quantitative estimate of drug-likeness (QED) is 0.163. The number of unbranched alkanes of at least 4 members (excludes halogenated alkanes) is 1. The molecule has 0 spiro atoms. The van der Waals surface area contributed by atoms with Gasteiger partial charge in [-0.25, -0.2) is 0 Å². The van der Waals surface area contributed by atoms with Crippen molar-refractivity contribution in [2.45, 2.75) is 124 Å². The number of nitrogens with one attached hydrogen (secondary N) is 1. The average molecular weight is 569 g/mol. The zero-order valence-electron chi connectivity index (χ0n) is 27.3. The Labute approximate surface area is 253 Å². The first-order valence-electron chi connectivity index (χ1n) is 16.2. The highest BCUT2D eigenvalue weighted by molar-refractivity contribution is 6.23. The smallest absolute Gasteiger partial charge is 0.243 e. The maximum absolute atomic E-state index is 14.2. The van der Waals surface area contributed by atoms with E-state index in [1.165, 1.54) is 37.9 Å². The van der Waals surface area contributed by atoms with Gasteiger partial charge < -0.3 is 10.2 Å². The summed E-state index contributed by atoms with van der Waals surface area (Å²) in [6, 6.07) is 19.3. The molecule has 42 heavy (non-hydrogen) atoms. The Kier molecular flexibility index (Phi) is 9.85. The number of amides is 2. The summed E-state index contributed by atoms with van der Waals surface area (Å²) >= 11 is 0. The second kappa shape index (κ2) is 13.0. The fourth-order valence-electron chi connectivity index (χ4n) is 7.28. The van der Waals surface area contributed by atoms with E-state index in [1.54, 1.807) is 0 Å². The highest BCUT2D eigenvalue weighted by Gasteiger charge is 2.36. The highest BCUT2D eigenvalue weighted by Crippen LogP contribution is 2.36. The predicted molar refractivity (Wildman–Crippen MR) is 179 cm³/mol. The summed E-state index contributed by atoms with van der Waals surface area (Å²) in [6.45, 7) is 17.2. The third-order valence-electron chi connectivity index (χ3n) is 8.75. The summed E-state index contributed by atoms with van der Waals surface area (Å²) in [5, 5.41) is 10.9. The first-order valence-corrected chi connectivity index (χ1v) is 16.2. The zero-order valence-corrected chi connectivity index (χ0v) is 27.3. The summed E-state index contributed by atoms with van der Waals surface area (Å²) in [5.41, 5.74) is 0.922. The van der Waals surface area contributed by atoms with Gasteiger partial charge in [-0.3, -0.25) is 9.59 Å². The van der Waals surface area contributed by atoms with Gasteiger partial charge in [0.1, 0.15) is 6.04 Å². The number of carbonyl (C=O) groups is 2. The number of hydrogen-bond acceptors (Lipinski definition) is 2. The van der Waals surface area contributed by atoms with Gasteiger partial charge in [0, 0.05) is 18.0 Å². The van der Waals surface area contributed by atoms with E-state index in [9.17, 15) is 9.59 Å². The van der Waals surface area contributed by atoms with E-state index >= 15 is 0 Å². The van der Waals surface area contributed by atoms with Gasteiger partial charge in [-0.1, -0.05) is 109 Å². The summed E-state index contributed by atoms with van der Waals surface area (Å²) in [5.74, 6) is 0.0694. The third kappa shape index (κ3) is 7.07. The van der Waals surface area contributed by atoms with Gasteiger partial charge >= 0.3 is 0 Å². The first-order chi connectivity index (χ1) is 19.9. The molecule has 2 amide bonds. The van der Waals surface area contributed by atoms with Crippen LogP contribution < -0.4 is 5.32 Å². The van der Waals surface area contributed by atoms with E-state index in [2.05, 4.69) is 115 Å². The lowest BCUT2D eigenvalue weighted by molar-refractivity contribution is -0.144. The molecule has 0 bridgehead atoms. The Morgan fingerprint density at radius 2 is 1.40 bits per heavy atom. The lowest BCUT2D eigenvalue weighted by Gasteiger charge is -2.40. The monoisotopic (exact) mass is 568 g/mol. The van der Waals surface area contributed by atoms with Crippen LogP contribution in [-0.2, 0) is 16.0 Å². The van der Waals surface area contributed by atoms with Crippen LogP contribution in [0.5, 0.6) is 0 Å². The van der Waals surface area contributed by atoms with E-state index in [4.69, 9.17) is 0 Å². The molecule has 0 aliphatic carbocycles. The minimum absolute atomic E-state index is 0.0133. The molecule has 0 aliphatic rings. The molecular formula is C38H52N2O2. The molecule has 1 unspecified atom stereocenters. The van der Waals surface area contributed by atoms with Crippen LogP contribution in [0, 0.1) is 5.41 Å². The Hall–Kier alpha value is -3.14. The van der Waals surface area contributed by atoms with Crippen LogP contribution in [0.2, 0.25) is 0 Å². The molecule has 0 saturated carbocycles. The lowest BCUT2D eigenvalue weighted by Crippen LogP contribution is -2.57. The molecule has 4 nitrogen and oxygen atoms in total. The van der Waals surface area contributed by atoms with E-state index in [1.807, 2.05) is 4.90 Å². The van der Waals surface area contributed by atoms with Crippen molar-refractivity contribution in [2.24, 2.45) is 5.41 Å². The standard InChI is InChI=1S/C38H52N2O2/c1-9-12-16-32(36(42)39-38(7,8)25-37(4,5)6)40(30(10-2)11-3)33(41)24-22-26-17-18-29-20-19-27-14-13-15-28-21-23-31(26)35(29)34(27)28/h13-15,17-21,23,30,32H,9-12,16,22,24-25H2,1-8H3,(H,39,42). The number of carbonyl (C=O) groups excluding carboxylic acids is 2. The second-order valence-corrected chi connectivity index (χ2v) is 14.1. The van der Waals surface area contributed by atoms with Crippen molar-refractivity contribution in [3.8, 4) is 0 Å². The van der Waals surface area contributed by atoms with Gasteiger partial charge in [0.25, 0.3) is 0 Å². The lowest BCUT2D eigenvalue weighted by atomic mass is 9.81. The van der Waals surface area contributed by atoms with Gasteiger partial charge in [-0.2, -0.15) is 0 Å². The van der Waals surface area contributed by atoms with Crippen molar-refractivity contribution >= 4 is 44.1 Å². The van der Waals surface area contributed by atoms with Crippen LogP contribution in [0.1, 0.15) is 106 Å². The van der Waals surface area contributed by atoms with E-state index in [0.29, 0.717) is 19.3 Å². The Balaban J connectivity index is 1.63. The van der Waals surface area contributed by atoms with Gasteiger partial charge in [0.2, 0.25) is 11.8 Å². The van der Waals surface area contributed by atoms with Crippen molar-refractivity contribution in [3.63, 3.8) is 0 Å². The highest BCUT2D eigenvalue weighted by atomic mass is 16.2. The van der Waals surface area contributed by atoms with E-state index < -0.39 is 6.04 Å². The molecule has 4 heteroatoms.